The van der Waals surface area contributed by atoms with Crippen LogP contribution in [0.5, 0.6) is 0 Å². The van der Waals surface area contributed by atoms with Gasteiger partial charge in [0, 0.05) is 22.8 Å². The predicted molar refractivity (Wildman–Crippen MR) is 65.7 cm³/mol. The molecule has 0 saturated heterocycles. The minimum atomic E-state index is -0.549. The van der Waals surface area contributed by atoms with Crippen LogP contribution in [0.1, 0.15) is 16.2 Å². The molecule has 0 fully saturated rings. The van der Waals surface area contributed by atoms with Crippen molar-refractivity contribution in [1.82, 2.24) is 15.1 Å². The molecule has 1 amide bonds. The van der Waals surface area contributed by atoms with Gasteiger partial charge in [-0.3, -0.25) is 15.0 Å². The van der Waals surface area contributed by atoms with Crippen molar-refractivity contribution in [2.45, 2.75) is 6.54 Å². The van der Waals surface area contributed by atoms with Crippen LogP contribution in [0.15, 0.2) is 38.2 Å². The molecule has 0 atom stereocenters. The second-order valence-corrected chi connectivity index (χ2v) is 4.38. The Morgan fingerprint density at radius 2 is 2.33 bits per heavy atom. The maximum Gasteiger partial charge on any atom is 0.287 e. The van der Waals surface area contributed by atoms with E-state index in [1.807, 2.05) is 5.43 Å². The number of rotatable bonds is 3. The molecule has 2 rings (SSSR count). The highest BCUT2D eigenvalue weighted by Crippen LogP contribution is 2.08. The Morgan fingerprint density at radius 1 is 1.56 bits per heavy atom. The van der Waals surface area contributed by atoms with Crippen LogP contribution in [-0.2, 0) is 6.54 Å². The largest absolute Gasteiger partial charge is 0.359 e. The third kappa shape index (κ3) is 2.66. The van der Waals surface area contributed by atoms with E-state index >= 15 is 0 Å². The van der Waals surface area contributed by atoms with Gasteiger partial charge in [-0.2, -0.15) is 0 Å². The van der Waals surface area contributed by atoms with Crippen LogP contribution in [-0.4, -0.2) is 15.6 Å². The predicted octanol–water partition coefficient (Wildman–Crippen LogP) is 0.251. The summed E-state index contributed by atoms with van der Waals surface area (Å²) in [7, 11) is 0. The zero-order valence-electron chi connectivity index (χ0n) is 9.09. The van der Waals surface area contributed by atoms with E-state index in [4.69, 9.17) is 10.4 Å². The SMILES string of the molecule is NNC(=O)c1cc(Cn2cc(Br)ccc2=O)on1. The topological polar surface area (TPSA) is 103 Å². The van der Waals surface area contributed by atoms with Gasteiger partial charge in [0.15, 0.2) is 11.5 Å². The van der Waals surface area contributed by atoms with E-state index in [9.17, 15) is 9.59 Å². The van der Waals surface area contributed by atoms with Gasteiger partial charge in [0.25, 0.3) is 11.5 Å². The van der Waals surface area contributed by atoms with Gasteiger partial charge in [0.05, 0.1) is 6.54 Å². The summed E-state index contributed by atoms with van der Waals surface area (Å²) in [6, 6.07) is 4.50. The Bertz CT molecular complexity index is 634. The number of hydrazine groups is 1. The number of aromatic nitrogens is 2. The summed E-state index contributed by atoms with van der Waals surface area (Å²) in [5.41, 5.74) is 1.83. The first kappa shape index (κ1) is 12.5. The molecule has 18 heavy (non-hydrogen) atoms. The average molecular weight is 313 g/mol. The molecule has 2 aromatic heterocycles. The van der Waals surface area contributed by atoms with Gasteiger partial charge in [-0.1, -0.05) is 5.16 Å². The first-order chi connectivity index (χ1) is 8.60. The maximum atomic E-state index is 11.6. The van der Waals surface area contributed by atoms with Crippen LogP contribution < -0.4 is 16.8 Å². The number of carbonyl (C=O) groups is 1. The third-order valence-electron chi connectivity index (χ3n) is 2.20. The summed E-state index contributed by atoms with van der Waals surface area (Å²) in [5, 5.41) is 3.54. The highest BCUT2D eigenvalue weighted by molar-refractivity contribution is 9.10. The summed E-state index contributed by atoms with van der Waals surface area (Å²) < 4.78 is 7.14. The van der Waals surface area contributed by atoms with Gasteiger partial charge in [-0.25, -0.2) is 5.84 Å². The number of nitrogens with one attached hydrogen (secondary N) is 1. The molecule has 0 aliphatic carbocycles. The van der Waals surface area contributed by atoms with Crippen LogP contribution in [0.4, 0.5) is 0 Å². The second-order valence-electron chi connectivity index (χ2n) is 3.47. The lowest BCUT2D eigenvalue weighted by molar-refractivity contribution is 0.0944. The zero-order chi connectivity index (χ0) is 13.1. The lowest BCUT2D eigenvalue weighted by Gasteiger charge is -2.01. The number of nitrogens with zero attached hydrogens (tertiary/aromatic N) is 2. The molecule has 0 aromatic carbocycles. The number of amides is 1. The standard InChI is InChI=1S/C10H9BrN4O3/c11-6-1-2-9(16)15(4-6)5-7-3-8(14-18-7)10(17)13-12/h1-4H,5,12H2,(H,13,17). The Hall–Kier alpha value is -1.93. The van der Waals surface area contributed by atoms with Crippen molar-refractivity contribution in [2.75, 3.05) is 0 Å². The van der Waals surface area contributed by atoms with Gasteiger partial charge in [-0.05, 0) is 22.0 Å². The summed E-state index contributed by atoms with van der Waals surface area (Å²) in [4.78, 5) is 22.7. The number of halogens is 1. The Morgan fingerprint density at radius 3 is 3.06 bits per heavy atom. The van der Waals surface area contributed by atoms with Crippen molar-refractivity contribution >= 4 is 21.8 Å². The maximum absolute atomic E-state index is 11.6. The molecule has 0 aliphatic heterocycles. The highest BCUT2D eigenvalue weighted by atomic mass is 79.9. The smallest absolute Gasteiger partial charge is 0.287 e. The van der Waals surface area contributed by atoms with Gasteiger partial charge in [-0.15, -0.1) is 0 Å². The van der Waals surface area contributed by atoms with E-state index in [0.29, 0.717) is 5.76 Å². The Labute approximate surface area is 110 Å². The number of hydrogen-bond donors (Lipinski definition) is 2. The first-order valence-electron chi connectivity index (χ1n) is 4.92. The number of nitrogens with two attached hydrogens (primary N) is 1. The minimum absolute atomic E-state index is 0.0653. The Kier molecular flexibility index (Phi) is 3.58. The van der Waals surface area contributed by atoms with Gasteiger partial charge < -0.3 is 9.09 Å². The molecule has 0 aliphatic rings. The molecule has 0 saturated carbocycles. The second kappa shape index (κ2) is 5.15. The number of hydrogen-bond acceptors (Lipinski definition) is 5. The van der Waals surface area contributed by atoms with Crippen LogP contribution >= 0.6 is 15.9 Å². The summed E-state index contributed by atoms with van der Waals surface area (Å²) in [6.45, 7) is 0.184. The van der Waals surface area contributed by atoms with Crippen LogP contribution in [0.3, 0.4) is 0 Å². The van der Waals surface area contributed by atoms with E-state index in [1.165, 1.54) is 16.7 Å². The minimum Gasteiger partial charge on any atom is -0.359 e. The molecular formula is C10H9BrN4O3. The van der Waals surface area contributed by atoms with Gasteiger partial charge in [0.1, 0.15) is 0 Å². The van der Waals surface area contributed by atoms with Crippen molar-refractivity contribution < 1.29 is 9.32 Å². The molecule has 8 heteroatoms. The molecule has 0 radical (unpaired) electrons. The normalized spacial score (nSPS) is 10.3. The van der Waals surface area contributed by atoms with E-state index < -0.39 is 5.91 Å². The monoisotopic (exact) mass is 312 g/mol. The lowest BCUT2D eigenvalue weighted by Crippen LogP contribution is -2.30. The van der Waals surface area contributed by atoms with Crippen LogP contribution in [0.25, 0.3) is 0 Å². The molecule has 0 unspecified atom stereocenters. The fourth-order valence-corrected chi connectivity index (χ4v) is 1.74. The number of nitrogen functional groups attached to an aromatic ring is 1. The molecule has 2 heterocycles. The van der Waals surface area contributed by atoms with E-state index in [-0.39, 0.29) is 17.8 Å². The number of carbonyl (C=O) groups excluding carboxylic acids is 1. The fourth-order valence-electron chi connectivity index (χ4n) is 1.36. The molecule has 0 spiro atoms. The average Bonchev–Trinajstić information content (AvgIpc) is 2.81. The van der Waals surface area contributed by atoms with Crippen LogP contribution in [0.2, 0.25) is 0 Å². The summed E-state index contributed by atoms with van der Waals surface area (Å²) >= 11 is 3.26. The van der Waals surface area contributed by atoms with E-state index in [0.717, 1.165) is 4.47 Å². The lowest BCUT2D eigenvalue weighted by atomic mass is 10.3. The molecule has 3 N–H and O–H groups in total. The third-order valence-corrected chi connectivity index (χ3v) is 2.67. The van der Waals surface area contributed by atoms with Crippen LogP contribution in [0, 0.1) is 0 Å². The van der Waals surface area contributed by atoms with Crippen molar-refractivity contribution in [3.63, 3.8) is 0 Å². The quantitative estimate of drug-likeness (QED) is 0.480. The molecule has 7 nitrogen and oxygen atoms in total. The zero-order valence-corrected chi connectivity index (χ0v) is 10.7. The summed E-state index contributed by atoms with van der Waals surface area (Å²) in [6.07, 6.45) is 1.62. The highest BCUT2D eigenvalue weighted by Gasteiger charge is 2.11. The van der Waals surface area contributed by atoms with Crippen molar-refractivity contribution in [3.05, 3.63) is 50.7 Å². The first-order valence-corrected chi connectivity index (χ1v) is 5.72. The molecule has 0 bridgehead atoms. The number of pyridine rings is 1. The van der Waals surface area contributed by atoms with Crippen molar-refractivity contribution in [1.29, 1.82) is 0 Å². The van der Waals surface area contributed by atoms with Gasteiger partial charge >= 0.3 is 0 Å². The molecule has 94 valence electrons. The van der Waals surface area contributed by atoms with Crippen molar-refractivity contribution in [3.8, 4) is 0 Å². The van der Waals surface area contributed by atoms with Crippen molar-refractivity contribution in [2.24, 2.45) is 5.84 Å². The van der Waals surface area contributed by atoms with E-state index in [2.05, 4.69) is 21.1 Å². The molecule has 2 aromatic rings. The fraction of sp³-hybridized carbons (Fsp3) is 0.100. The Balaban J connectivity index is 2.24. The van der Waals surface area contributed by atoms with Gasteiger partial charge in [0.2, 0.25) is 0 Å². The molecular weight excluding hydrogens is 304 g/mol. The van der Waals surface area contributed by atoms with E-state index in [1.54, 1.807) is 12.3 Å². The summed E-state index contributed by atoms with van der Waals surface area (Å²) in [5.74, 6) is 4.80.